The van der Waals surface area contributed by atoms with Crippen LogP contribution in [0.4, 0.5) is 27.6 Å². The second-order valence-electron chi connectivity index (χ2n) is 10.4. The summed E-state index contributed by atoms with van der Waals surface area (Å²) < 4.78 is 83.8. The lowest BCUT2D eigenvalue weighted by Gasteiger charge is -2.43. The van der Waals surface area contributed by atoms with Gasteiger partial charge in [0.1, 0.15) is 18.2 Å². The Labute approximate surface area is 218 Å². The van der Waals surface area contributed by atoms with E-state index in [0.29, 0.717) is 43.0 Å². The minimum Gasteiger partial charge on any atom is -0.454 e. The highest BCUT2D eigenvalue weighted by molar-refractivity contribution is 5.55. The Hall–Kier alpha value is -2.63. The number of rotatable bonds is 9. The highest BCUT2D eigenvalue weighted by Gasteiger charge is 2.43. The monoisotopic (exact) mass is 541 g/mol. The molecule has 0 aliphatic carbocycles. The number of anilines is 1. The number of aliphatic hydroxyl groups is 1. The molecule has 0 unspecified atom stereocenters. The molecule has 3 heterocycles. The van der Waals surface area contributed by atoms with E-state index in [0.717, 1.165) is 18.5 Å². The van der Waals surface area contributed by atoms with Crippen molar-refractivity contribution in [3.8, 4) is 11.5 Å². The number of ether oxygens (including phenoxy) is 2. The lowest BCUT2D eigenvalue weighted by molar-refractivity contribution is -0.0867. The minimum absolute atomic E-state index is 0.000205. The largest absolute Gasteiger partial charge is 0.454 e. The van der Waals surface area contributed by atoms with Gasteiger partial charge >= 0.3 is 0 Å². The van der Waals surface area contributed by atoms with Gasteiger partial charge in [0.15, 0.2) is 11.5 Å². The van der Waals surface area contributed by atoms with E-state index in [2.05, 4.69) is 10.2 Å². The molecule has 3 atom stereocenters. The van der Waals surface area contributed by atoms with Crippen LogP contribution in [0.3, 0.4) is 0 Å². The van der Waals surface area contributed by atoms with Gasteiger partial charge in [-0.2, -0.15) is 0 Å². The average molecular weight is 542 g/mol. The summed E-state index contributed by atoms with van der Waals surface area (Å²) in [6.07, 6.45) is 1.55. The van der Waals surface area contributed by atoms with E-state index < -0.39 is 49.5 Å². The molecule has 0 radical (unpaired) electrons. The third-order valence-corrected chi connectivity index (χ3v) is 7.59. The molecule has 6 nitrogen and oxygen atoms in total. The van der Waals surface area contributed by atoms with Gasteiger partial charge in [0.05, 0.1) is 19.3 Å². The van der Waals surface area contributed by atoms with Gasteiger partial charge in [-0.25, -0.2) is 17.6 Å². The maximum atomic E-state index is 15.7. The van der Waals surface area contributed by atoms with Gasteiger partial charge in [-0.15, -0.1) is 0 Å². The summed E-state index contributed by atoms with van der Waals surface area (Å²) in [5.74, 6) is -4.30. The summed E-state index contributed by atoms with van der Waals surface area (Å²) in [6.45, 7) is 1.10. The summed E-state index contributed by atoms with van der Waals surface area (Å²) in [7, 11) is 0. The quantitative estimate of drug-likeness (QED) is 0.456. The van der Waals surface area contributed by atoms with Crippen molar-refractivity contribution in [2.24, 2.45) is 0 Å². The SMILES string of the molecule is C[C@@H]1Cc2cc3c(cc2[C@@H](c2c(F)cc(N[C@H]4CCN(CCCF)C4)cc2F)N1CC(F)(F)CO)OCO3. The van der Waals surface area contributed by atoms with Gasteiger partial charge in [-0.3, -0.25) is 9.29 Å². The number of halogens is 5. The van der Waals surface area contributed by atoms with Crippen LogP contribution in [0.2, 0.25) is 0 Å². The summed E-state index contributed by atoms with van der Waals surface area (Å²) in [5, 5.41) is 12.4. The third-order valence-electron chi connectivity index (χ3n) is 7.59. The van der Waals surface area contributed by atoms with Crippen molar-refractivity contribution in [1.29, 1.82) is 0 Å². The van der Waals surface area contributed by atoms with Crippen LogP contribution in [-0.4, -0.2) is 79.2 Å². The van der Waals surface area contributed by atoms with E-state index in [1.807, 2.05) is 0 Å². The first-order valence-corrected chi connectivity index (χ1v) is 12.9. The molecule has 208 valence electrons. The summed E-state index contributed by atoms with van der Waals surface area (Å²) in [5.41, 5.74) is 1.10. The highest BCUT2D eigenvalue weighted by atomic mass is 19.3. The third kappa shape index (κ3) is 5.41. The number of hydrogen-bond acceptors (Lipinski definition) is 6. The fourth-order valence-electron chi connectivity index (χ4n) is 5.79. The van der Waals surface area contributed by atoms with E-state index in [4.69, 9.17) is 9.47 Å². The molecule has 0 saturated carbocycles. The van der Waals surface area contributed by atoms with Crippen molar-refractivity contribution in [2.75, 3.05) is 51.6 Å². The van der Waals surface area contributed by atoms with Gasteiger partial charge in [0, 0.05) is 43.0 Å². The van der Waals surface area contributed by atoms with Gasteiger partial charge in [-0.05, 0) is 61.6 Å². The van der Waals surface area contributed by atoms with Crippen molar-refractivity contribution < 1.29 is 36.5 Å². The van der Waals surface area contributed by atoms with E-state index in [-0.39, 0.29) is 24.1 Å². The van der Waals surface area contributed by atoms with Crippen molar-refractivity contribution in [2.45, 2.75) is 50.2 Å². The Bertz CT molecular complexity index is 1140. The lowest BCUT2D eigenvalue weighted by Crippen LogP contribution is -2.49. The Balaban J connectivity index is 1.49. The maximum Gasteiger partial charge on any atom is 0.283 e. The van der Waals surface area contributed by atoms with Crippen LogP contribution >= 0.6 is 0 Å². The van der Waals surface area contributed by atoms with E-state index in [1.165, 1.54) is 17.0 Å². The molecule has 1 saturated heterocycles. The summed E-state index contributed by atoms with van der Waals surface area (Å²) in [4.78, 5) is 3.44. The number of likely N-dealkylation sites (tertiary alicyclic amines) is 1. The number of alkyl halides is 3. The van der Waals surface area contributed by atoms with Crippen molar-refractivity contribution in [3.05, 3.63) is 52.6 Å². The topological polar surface area (TPSA) is 57.2 Å². The smallest absolute Gasteiger partial charge is 0.283 e. The molecular weight excluding hydrogens is 509 g/mol. The Kier molecular flexibility index (Phi) is 7.70. The van der Waals surface area contributed by atoms with E-state index in [9.17, 15) is 18.3 Å². The molecule has 2 aromatic carbocycles. The fourth-order valence-corrected chi connectivity index (χ4v) is 5.79. The number of nitrogens with one attached hydrogen (secondary N) is 1. The number of nitrogens with zero attached hydrogens (tertiary/aromatic N) is 2. The van der Waals surface area contributed by atoms with Gasteiger partial charge in [-0.1, -0.05) is 0 Å². The molecule has 0 bridgehead atoms. The predicted octanol–water partition coefficient (Wildman–Crippen LogP) is 4.50. The van der Waals surface area contributed by atoms with Crippen molar-refractivity contribution in [1.82, 2.24) is 9.80 Å². The first-order chi connectivity index (χ1) is 18.2. The standard InChI is InChI=1S/C27H32F5N3O3/c1-16-7-17-8-23-24(38-15-37-23)11-20(17)26(35(16)13-27(31,32)14-36)25-21(29)9-19(10-22(25)30)33-18-3-6-34(12-18)5-2-4-28/h8-11,16,18,26,33,36H,2-7,12-15H2,1H3/t16-,18+,26+/m1/s1. The zero-order valence-corrected chi connectivity index (χ0v) is 21.2. The van der Waals surface area contributed by atoms with Crippen LogP contribution in [0.5, 0.6) is 11.5 Å². The second kappa shape index (κ2) is 10.9. The molecule has 5 rings (SSSR count). The molecule has 0 aromatic heterocycles. The molecule has 38 heavy (non-hydrogen) atoms. The van der Waals surface area contributed by atoms with Gasteiger partial charge in [0.25, 0.3) is 5.92 Å². The van der Waals surface area contributed by atoms with Crippen molar-refractivity contribution in [3.63, 3.8) is 0 Å². The normalized spacial score (nSPS) is 23.6. The average Bonchev–Trinajstić information content (AvgIpc) is 3.51. The van der Waals surface area contributed by atoms with Gasteiger partial charge in [0.2, 0.25) is 6.79 Å². The van der Waals surface area contributed by atoms with Crippen LogP contribution < -0.4 is 14.8 Å². The first-order valence-electron chi connectivity index (χ1n) is 12.9. The molecule has 0 spiro atoms. The molecule has 11 heteroatoms. The first kappa shape index (κ1) is 27.0. The highest BCUT2D eigenvalue weighted by Crippen LogP contribution is 2.46. The Morgan fingerprint density at radius 3 is 2.50 bits per heavy atom. The van der Waals surface area contributed by atoms with Crippen LogP contribution in [0.1, 0.15) is 42.5 Å². The number of hydrogen-bond donors (Lipinski definition) is 2. The molecule has 3 aliphatic heterocycles. The Morgan fingerprint density at radius 1 is 1.11 bits per heavy atom. The fraction of sp³-hybridized carbons (Fsp3) is 0.556. The number of aliphatic hydroxyl groups excluding tert-OH is 1. The van der Waals surface area contributed by atoms with E-state index >= 15 is 8.78 Å². The number of benzene rings is 2. The Morgan fingerprint density at radius 2 is 1.82 bits per heavy atom. The molecule has 2 aromatic rings. The van der Waals surface area contributed by atoms with E-state index in [1.54, 1.807) is 19.1 Å². The minimum atomic E-state index is -3.47. The molecular formula is C27H32F5N3O3. The lowest BCUT2D eigenvalue weighted by atomic mass is 9.84. The summed E-state index contributed by atoms with van der Waals surface area (Å²) >= 11 is 0. The number of fused-ring (bicyclic) bond motifs is 2. The molecule has 1 fully saturated rings. The zero-order chi connectivity index (χ0) is 27.0. The molecule has 3 aliphatic rings. The van der Waals surface area contributed by atoms with Crippen molar-refractivity contribution >= 4 is 5.69 Å². The van der Waals surface area contributed by atoms with Crippen LogP contribution in [0.25, 0.3) is 0 Å². The molecule has 2 N–H and O–H groups in total. The zero-order valence-electron chi connectivity index (χ0n) is 21.2. The second-order valence-corrected chi connectivity index (χ2v) is 10.4. The van der Waals surface area contributed by atoms with Gasteiger partial charge < -0.3 is 24.8 Å². The maximum absolute atomic E-state index is 15.7. The predicted molar refractivity (Wildman–Crippen MR) is 132 cm³/mol. The van der Waals surface area contributed by atoms with Crippen LogP contribution in [0.15, 0.2) is 24.3 Å². The van der Waals surface area contributed by atoms with Crippen LogP contribution in [-0.2, 0) is 6.42 Å². The summed E-state index contributed by atoms with van der Waals surface area (Å²) in [6, 6.07) is 4.01. The van der Waals surface area contributed by atoms with Crippen LogP contribution in [0, 0.1) is 11.6 Å². The molecule has 0 amide bonds.